The van der Waals surface area contributed by atoms with Gasteiger partial charge < -0.3 is 29.2 Å². The van der Waals surface area contributed by atoms with Gasteiger partial charge >= 0.3 is 13.1 Å². The van der Waals surface area contributed by atoms with E-state index in [2.05, 4.69) is 6.92 Å². The molecule has 2 saturated carbocycles. The van der Waals surface area contributed by atoms with Gasteiger partial charge in [-0.1, -0.05) is 6.92 Å². The molecule has 10 heteroatoms. The Balaban J connectivity index is 1.66. The summed E-state index contributed by atoms with van der Waals surface area (Å²) in [7, 11) is -0.436. The number of hydrogen-bond acceptors (Lipinski definition) is 8. The van der Waals surface area contributed by atoms with Gasteiger partial charge in [0.15, 0.2) is 5.79 Å². The molecule has 1 saturated heterocycles. The smallest absolute Gasteiger partial charge is 0.465 e. The highest BCUT2D eigenvalue weighted by atomic mass is 32.1. The van der Waals surface area contributed by atoms with Crippen LogP contribution in [0.1, 0.15) is 68.0 Å². The molecule has 1 aromatic heterocycles. The first-order valence-electron chi connectivity index (χ1n) is 11.5. The molecule has 8 nitrogen and oxygen atoms in total. The van der Waals surface area contributed by atoms with Crippen LogP contribution in [0.4, 0.5) is 5.69 Å². The van der Waals surface area contributed by atoms with Gasteiger partial charge in [0.1, 0.15) is 4.88 Å². The van der Waals surface area contributed by atoms with Crippen molar-refractivity contribution < 1.29 is 33.8 Å². The Morgan fingerprint density at radius 2 is 1.75 bits per heavy atom. The Labute approximate surface area is 193 Å². The first-order chi connectivity index (χ1) is 15.3. The standard InChI is InChI=1S/C22H32BNO7S/c1-14-3-5-15(6-4-14)20(25)24(16-7-9-22(10-8-16)30-11-12-31-22)17-13-18(23(27)28)32-19(17)21(26)29-2/h13-16,27-28H,3-12H2,1-2H3/t14-,15-. The van der Waals surface area contributed by atoms with Crippen molar-refractivity contribution in [1.82, 2.24) is 0 Å². The number of ether oxygens (including phenoxy) is 3. The van der Waals surface area contributed by atoms with Gasteiger partial charge in [0.2, 0.25) is 5.91 Å². The normalized spacial score (nSPS) is 25.6. The van der Waals surface area contributed by atoms with E-state index in [1.807, 2.05) is 0 Å². The molecule has 0 bridgehead atoms. The van der Waals surface area contributed by atoms with E-state index in [0.717, 1.165) is 37.0 Å². The molecule has 2 aliphatic carbocycles. The summed E-state index contributed by atoms with van der Waals surface area (Å²) in [6.07, 6.45) is 6.39. The Hall–Kier alpha value is -1.46. The highest BCUT2D eigenvalue weighted by Crippen LogP contribution is 2.41. The molecular weight excluding hydrogens is 433 g/mol. The number of thiophene rings is 1. The predicted octanol–water partition coefficient (Wildman–Crippen LogP) is 2.06. The Morgan fingerprint density at radius 3 is 2.31 bits per heavy atom. The van der Waals surface area contributed by atoms with Crippen molar-refractivity contribution in [2.24, 2.45) is 11.8 Å². The van der Waals surface area contributed by atoms with Crippen LogP contribution in [0.15, 0.2) is 6.07 Å². The summed E-state index contributed by atoms with van der Waals surface area (Å²) in [4.78, 5) is 28.4. The zero-order valence-corrected chi connectivity index (χ0v) is 19.6. The maximum atomic E-state index is 13.9. The third-order valence-corrected chi connectivity index (χ3v) is 8.26. The van der Waals surface area contributed by atoms with Crippen LogP contribution in [-0.2, 0) is 19.0 Å². The van der Waals surface area contributed by atoms with Crippen LogP contribution in [0, 0.1) is 11.8 Å². The molecule has 1 aromatic rings. The molecule has 176 valence electrons. The molecule has 0 radical (unpaired) electrons. The minimum absolute atomic E-state index is 0.00745. The molecule has 3 fully saturated rings. The van der Waals surface area contributed by atoms with Crippen LogP contribution in [0.2, 0.25) is 0 Å². The fraction of sp³-hybridized carbons (Fsp3) is 0.727. The van der Waals surface area contributed by atoms with Gasteiger partial charge in [-0.15, -0.1) is 11.3 Å². The third-order valence-electron chi connectivity index (χ3n) is 7.11. The molecule has 2 N–H and O–H groups in total. The van der Waals surface area contributed by atoms with Crippen molar-refractivity contribution >= 4 is 40.8 Å². The number of amides is 1. The van der Waals surface area contributed by atoms with Crippen LogP contribution < -0.4 is 9.68 Å². The summed E-state index contributed by atoms with van der Waals surface area (Å²) in [6, 6.07) is 1.43. The molecule has 32 heavy (non-hydrogen) atoms. The average Bonchev–Trinajstić information content (AvgIpc) is 3.43. The molecular formula is C22H32BNO7S. The molecule has 3 aliphatic rings. The van der Waals surface area contributed by atoms with E-state index in [1.54, 1.807) is 11.0 Å². The Kier molecular flexibility index (Phi) is 7.26. The first kappa shape index (κ1) is 23.7. The van der Waals surface area contributed by atoms with Crippen molar-refractivity contribution in [2.75, 3.05) is 25.2 Å². The highest BCUT2D eigenvalue weighted by molar-refractivity contribution is 7.24. The number of esters is 1. The Morgan fingerprint density at radius 1 is 1.12 bits per heavy atom. The second-order valence-electron chi connectivity index (χ2n) is 9.23. The molecule has 1 aliphatic heterocycles. The minimum atomic E-state index is -1.72. The molecule has 1 amide bonds. The average molecular weight is 465 g/mol. The van der Waals surface area contributed by atoms with Gasteiger partial charge in [-0.05, 0) is 50.5 Å². The van der Waals surface area contributed by atoms with Crippen molar-refractivity contribution in [2.45, 2.75) is 70.1 Å². The number of carbonyl (C=O) groups is 2. The van der Waals surface area contributed by atoms with E-state index in [1.165, 1.54) is 7.11 Å². The second-order valence-corrected chi connectivity index (χ2v) is 10.3. The highest BCUT2D eigenvalue weighted by Gasteiger charge is 2.44. The van der Waals surface area contributed by atoms with Crippen molar-refractivity contribution in [3.63, 3.8) is 0 Å². The van der Waals surface area contributed by atoms with Gasteiger partial charge in [-0.3, -0.25) is 4.79 Å². The Bertz CT molecular complexity index is 820. The lowest BCUT2D eigenvalue weighted by molar-refractivity contribution is -0.179. The fourth-order valence-corrected chi connectivity index (χ4v) is 6.17. The number of methoxy groups -OCH3 is 1. The molecule has 0 unspecified atom stereocenters. The first-order valence-corrected chi connectivity index (χ1v) is 12.3. The van der Waals surface area contributed by atoms with Crippen LogP contribution >= 0.6 is 11.3 Å². The van der Waals surface area contributed by atoms with Gasteiger partial charge in [0, 0.05) is 29.6 Å². The maximum absolute atomic E-state index is 13.9. The zero-order valence-electron chi connectivity index (χ0n) is 18.7. The summed E-state index contributed by atoms with van der Waals surface area (Å²) in [5.41, 5.74) is 0.419. The van der Waals surface area contributed by atoms with Gasteiger partial charge in [0.25, 0.3) is 0 Å². The quantitative estimate of drug-likeness (QED) is 0.507. The van der Waals surface area contributed by atoms with E-state index < -0.39 is 18.9 Å². The molecule has 1 spiro atoms. The SMILES string of the molecule is COC(=O)c1sc(B(O)O)cc1N(C(=O)[C@H]1CC[C@H](C)CC1)C1CCC2(CC1)OCCO2. The van der Waals surface area contributed by atoms with Crippen molar-refractivity contribution in [1.29, 1.82) is 0 Å². The number of rotatable bonds is 5. The van der Waals surface area contributed by atoms with E-state index >= 15 is 0 Å². The lowest BCUT2D eigenvalue weighted by Gasteiger charge is -2.42. The molecule has 0 aromatic carbocycles. The number of anilines is 1. The molecule has 4 rings (SSSR count). The lowest BCUT2D eigenvalue weighted by Crippen LogP contribution is -2.49. The third kappa shape index (κ3) is 4.75. The zero-order chi connectivity index (χ0) is 22.9. The van der Waals surface area contributed by atoms with E-state index in [4.69, 9.17) is 14.2 Å². The second kappa shape index (κ2) is 9.81. The van der Waals surface area contributed by atoms with Gasteiger partial charge in [-0.25, -0.2) is 4.79 Å². The monoisotopic (exact) mass is 465 g/mol. The van der Waals surface area contributed by atoms with Gasteiger partial charge in [-0.2, -0.15) is 0 Å². The van der Waals surface area contributed by atoms with E-state index in [0.29, 0.717) is 50.5 Å². The summed E-state index contributed by atoms with van der Waals surface area (Å²) < 4.78 is 16.9. The summed E-state index contributed by atoms with van der Waals surface area (Å²) in [5, 5.41) is 19.5. The van der Waals surface area contributed by atoms with Crippen LogP contribution in [0.5, 0.6) is 0 Å². The number of nitrogens with zero attached hydrogens (tertiary/aromatic N) is 1. The lowest BCUT2D eigenvalue weighted by atomic mass is 9.81. The summed E-state index contributed by atoms with van der Waals surface area (Å²) in [6.45, 7) is 3.38. The van der Waals surface area contributed by atoms with Crippen LogP contribution in [0.3, 0.4) is 0 Å². The van der Waals surface area contributed by atoms with Crippen LogP contribution in [-0.4, -0.2) is 61.2 Å². The topological polar surface area (TPSA) is 106 Å². The van der Waals surface area contributed by atoms with Crippen molar-refractivity contribution in [3.8, 4) is 0 Å². The van der Waals surface area contributed by atoms with E-state index in [-0.39, 0.29) is 27.5 Å². The van der Waals surface area contributed by atoms with Gasteiger partial charge in [0.05, 0.1) is 26.0 Å². The predicted molar refractivity (Wildman–Crippen MR) is 121 cm³/mol. The fourth-order valence-electron chi connectivity index (χ4n) is 5.23. The number of carbonyl (C=O) groups excluding carboxylic acids is 2. The largest absolute Gasteiger partial charge is 0.499 e. The maximum Gasteiger partial charge on any atom is 0.499 e. The summed E-state index contributed by atoms with van der Waals surface area (Å²) in [5.74, 6) is -0.622. The van der Waals surface area contributed by atoms with Crippen LogP contribution in [0.25, 0.3) is 0 Å². The summed E-state index contributed by atoms with van der Waals surface area (Å²) >= 11 is 0.958. The molecule has 2 heterocycles. The molecule has 0 atom stereocenters. The minimum Gasteiger partial charge on any atom is -0.465 e. The van der Waals surface area contributed by atoms with Crippen molar-refractivity contribution in [3.05, 3.63) is 10.9 Å². The van der Waals surface area contributed by atoms with E-state index in [9.17, 15) is 19.6 Å². The number of hydrogen-bond donors (Lipinski definition) is 2.